The van der Waals surface area contributed by atoms with Crippen molar-refractivity contribution in [3.05, 3.63) is 34.9 Å². The summed E-state index contributed by atoms with van der Waals surface area (Å²) in [6.45, 7) is 6.14. The third-order valence-electron chi connectivity index (χ3n) is 2.58. The van der Waals surface area contributed by atoms with Gasteiger partial charge in [0.15, 0.2) is 0 Å². The molecule has 1 N–H and O–H groups in total. The molecular formula is C12H16ClNO. The predicted molar refractivity (Wildman–Crippen MR) is 61.9 cm³/mol. The first-order chi connectivity index (χ1) is 7.07. The van der Waals surface area contributed by atoms with Crippen molar-refractivity contribution in [3.8, 4) is 0 Å². The molecule has 1 aromatic carbocycles. The lowest BCUT2D eigenvalue weighted by atomic mass is 9.93. The van der Waals surface area contributed by atoms with Crippen LogP contribution >= 0.6 is 11.6 Å². The summed E-state index contributed by atoms with van der Waals surface area (Å²) in [6, 6.07) is 7.78. The summed E-state index contributed by atoms with van der Waals surface area (Å²) >= 11 is 5.83. The Hall–Kier alpha value is -0.570. The molecule has 1 fully saturated rings. The highest BCUT2D eigenvalue weighted by atomic mass is 35.5. The molecule has 0 bridgehead atoms. The molecule has 1 unspecified atom stereocenters. The molecule has 0 amide bonds. The molecule has 1 saturated heterocycles. The first-order valence-corrected chi connectivity index (χ1v) is 5.55. The standard InChI is InChI=1S/C12H16ClNO/c1-12(2)7-14-11(15-8-12)9-3-5-10(13)6-4-9/h3-6,11,14H,7-8H2,1-2H3. The zero-order valence-electron chi connectivity index (χ0n) is 9.09. The van der Waals surface area contributed by atoms with E-state index >= 15 is 0 Å². The monoisotopic (exact) mass is 225 g/mol. The van der Waals surface area contributed by atoms with Gasteiger partial charge in [-0.15, -0.1) is 0 Å². The fourth-order valence-corrected chi connectivity index (χ4v) is 1.77. The first-order valence-electron chi connectivity index (χ1n) is 5.17. The zero-order valence-corrected chi connectivity index (χ0v) is 9.84. The van der Waals surface area contributed by atoms with E-state index in [1.807, 2.05) is 24.3 Å². The smallest absolute Gasteiger partial charge is 0.134 e. The lowest BCUT2D eigenvalue weighted by Gasteiger charge is -2.35. The molecular weight excluding hydrogens is 210 g/mol. The average molecular weight is 226 g/mol. The minimum atomic E-state index is 0.00953. The maximum atomic E-state index is 5.83. The topological polar surface area (TPSA) is 21.3 Å². The fraction of sp³-hybridized carbons (Fsp3) is 0.500. The maximum absolute atomic E-state index is 5.83. The second-order valence-corrected chi connectivity index (χ2v) is 5.22. The SMILES string of the molecule is CC1(C)CNC(c2ccc(Cl)cc2)OC1. The van der Waals surface area contributed by atoms with E-state index in [0.717, 1.165) is 23.7 Å². The van der Waals surface area contributed by atoms with E-state index < -0.39 is 0 Å². The van der Waals surface area contributed by atoms with Crippen molar-refractivity contribution in [1.29, 1.82) is 0 Å². The van der Waals surface area contributed by atoms with Crippen LogP contribution in [0.1, 0.15) is 25.6 Å². The van der Waals surface area contributed by atoms with Crippen LogP contribution in [0.25, 0.3) is 0 Å². The van der Waals surface area contributed by atoms with E-state index in [-0.39, 0.29) is 11.6 Å². The average Bonchev–Trinajstić information content (AvgIpc) is 2.20. The van der Waals surface area contributed by atoms with Crippen molar-refractivity contribution in [3.63, 3.8) is 0 Å². The van der Waals surface area contributed by atoms with Crippen LogP contribution in [0.5, 0.6) is 0 Å². The third kappa shape index (κ3) is 2.71. The highest BCUT2D eigenvalue weighted by Crippen LogP contribution is 2.26. The van der Waals surface area contributed by atoms with Gasteiger partial charge in [0.1, 0.15) is 6.23 Å². The van der Waals surface area contributed by atoms with Gasteiger partial charge in [-0.3, -0.25) is 5.32 Å². The van der Waals surface area contributed by atoms with Gasteiger partial charge in [-0.25, -0.2) is 0 Å². The quantitative estimate of drug-likeness (QED) is 0.794. The second kappa shape index (κ2) is 4.12. The molecule has 0 spiro atoms. The second-order valence-electron chi connectivity index (χ2n) is 4.79. The Morgan fingerprint density at radius 1 is 1.33 bits per heavy atom. The predicted octanol–water partition coefficient (Wildman–Crippen LogP) is 2.98. The fourth-order valence-electron chi connectivity index (χ4n) is 1.64. The van der Waals surface area contributed by atoms with Crippen LogP contribution in [0.15, 0.2) is 24.3 Å². The Bertz CT molecular complexity index is 324. The Balaban J connectivity index is 2.04. The lowest BCUT2D eigenvalue weighted by molar-refractivity contribution is -0.0595. The van der Waals surface area contributed by atoms with Crippen molar-refractivity contribution in [2.24, 2.45) is 5.41 Å². The molecule has 1 heterocycles. The van der Waals surface area contributed by atoms with Crippen LogP contribution in [0.4, 0.5) is 0 Å². The van der Waals surface area contributed by atoms with Gasteiger partial charge in [0.2, 0.25) is 0 Å². The number of rotatable bonds is 1. The van der Waals surface area contributed by atoms with Gasteiger partial charge >= 0.3 is 0 Å². The van der Waals surface area contributed by atoms with Gasteiger partial charge in [-0.05, 0) is 17.7 Å². The summed E-state index contributed by atoms with van der Waals surface area (Å²) in [6.07, 6.45) is 0.00953. The summed E-state index contributed by atoms with van der Waals surface area (Å²) in [5.74, 6) is 0. The Kier molecular flexibility index (Phi) is 3.01. The zero-order chi connectivity index (χ0) is 10.9. The summed E-state index contributed by atoms with van der Waals surface area (Å²) in [5, 5.41) is 4.14. The largest absolute Gasteiger partial charge is 0.358 e. The number of hydrogen-bond acceptors (Lipinski definition) is 2. The van der Waals surface area contributed by atoms with Gasteiger partial charge in [0.25, 0.3) is 0 Å². The van der Waals surface area contributed by atoms with Gasteiger partial charge < -0.3 is 4.74 Å². The van der Waals surface area contributed by atoms with Gasteiger partial charge in [-0.1, -0.05) is 37.6 Å². The molecule has 0 radical (unpaired) electrons. The molecule has 0 aliphatic carbocycles. The molecule has 3 heteroatoms. The Labute approximate surface area is 95.6 Å². The highest BCUT2D eigenvalue weighted by molar-refractivity contribution is 6.30. The summed E-state index contributed by atoms with van der Waals surface area (Å²) in [7, 11) is 0. The van der Waals surface area contributed by atoms with Gasteiger partial charge in [-0.2, -0.15) is 0 Å². The van der Waals surface area contributed by atoms with Gasteiger partial charge in [0.05, 0.1) is 6.61 Å². The van der Waals surface area contributed by atoms with E-state index in [1.165, 1.54) is 0 Å². The van der Waals surface area contributed by atoms with Crippen LogP contribution in [0.3, 0.4) is 0 Å². The van der Waals surface area contributed by atoms with Crippen molar-refractivity contribution >= 4 is 11.6 Å². The molecule has 1 aromatic rings. The van der Waals surface area contributed by atoms with E-state index in [1.54, 1.807) is 0 Å². The number of halogens is 1. The van der Waals surface area contributed by atoms with E-state index in [0.29, 0.717) is 0 Å². The highest BCUT2D eigenvalue weighted by Gasteiger charge is 2.27. The van der Waals surface area contributed by atoms with Crippen molar-refractivity contribution in [1.82, 2.24) is 5.32 Å². The third-order valence-corrected chi connectivity index (χ3v) is 2.83. The van der Waals surface area contributed by atoms with Crippen molar-refractivity contribution in [2.45, 2.75) is 20.1 Å². The normalized spacial score (nSPS) is 25.1. The summed E-state index contributed by atoms with van der Waals surface area (Å²) < 4.78 is 5.76. The first kappa shape index (κ1) is 10.9. The number of hydrogen-bond donors (Lipinski definition) is 1. The number of benzene rings is 1. The minimum absolute atomic E-state index is 0.00953. The lowest BCUT2D eigenvalue weighted by Crippen LogP contribution is -2.42. The molecule has 0 aromatic heterocycles. The molecule has 2 nitrogen and oxygen atoms in total. The summed E-state index contributed by atoms with van der Waals surface area (Å²) in [4.78, 5) is 0. The van der Waals surface area contributed by atoms with Crippen molar-refractivity contribution < 1.29 is 4.74 Å². The van der Waals surface area contributed by atoms with Gasteiger partial charge in [0, 0.05) is 17.0 Å². The van der Waals surface area contributed by atoms with E-state index in [9.17, 15) is 0 Å². The number of nitrogens with one attached hydrogen (secondary N) is 1. The van der Waals surface area contributed by atoms with Crippen LogP contribution in [0, 0.1) is 5.41 Å². The van der Waals surface area contributed by atoms with Crippen LogP contribution in [0.2, 0.25) is 5.02 Å². The molecule has 15 heavy (non-hydrogen) atoms. The molecule has 0 saturated carbocycles. The maximum Gasteiger partial charge on any atom is 0.134 e. The molecule has 1 aliphatic heterocycles. The van der Waals surface area contributed by atoms with Crippen molar-refractivity contribution in [2.75, 3.05) is 13.2 Å². The number of ether oxygens (including phenoxy) is 1. The van der Waals surface area contributed by atoms with E-state index in [4.69, 9.17) is 16.3 Å². The minimum Gasteiger partial charge on any atom is -0.358 e. The molecule has 82 valence electrons. The molecule has 1 aliphatic rings. The van der Waals surface area contributed by atoms with Crippen LogP contribution < -0.4 is 5.32 Å². The van der Waals surface area contributed by atoms with E-state index in [2.05, 4.69) is 19.2 Å². The van der Waals surface area contributed by atoms with Crippen LogP contribution in [-0.4, -0.2) is 13.2 Å². The van der Waals surface area contributed by atoms with Crippen LogP contribution in [-0.2, 0) is 4.74 Å². The summed E-state index contributed by atoms with van der Waals surface area (Å²) in [5.41, 5.74) is 1.36. The molecule has 1 atom stereocenters. The molecule has 2 rings (SSSR count). The Morgan fingerprint density at radius 2 is 2.00 bits per heavy atom. The Morgan fingerprint density at radius 3 is 2.53 bits per heavy atom.